The number of hydrogen-bond acceptors (Lipinski definition) is 5. The van der Waals surface area contributed by atoms with Gasteiger partial charge in [-0.25, -0.2) is 0 Å². The summed E-state index contributed by atoms with van der Waals surface area (Å²) in [7, 11) is 2.26. The van der Waals surface area contributed by atoms with Crippen LogP contribution in [0.4, 0.5) is 0 Å². The van der Waals surface area contributed by atoms with Gasteiger partial charge in [0.2, 0.25) is 0 Å². The Balaban J connectivity index is 1.22. The number of piperazine rings is 1. The summed E-state index contributed by atoms with van der Waals surface area (Å²) in [5, 5.41) is 0. The maximum absolute atomic E-state index is 12.2. The molecule has 1 aliphatic heterocycles. The van der Waals surface area contributed by atoms with E-state index in [9.17, 15) is 4.79 Å². The smallest absolute Gasteiger partial charge is 0.303 e. The van der Waals surface area contributed by atoms with Crippen molar-refractivity contribution in [2.45, 2.75) is 84.3 Å². The van der Waals surface area contributed by atoms with Gasteiger partial charge in [0.25, 0.3) is 0 Å². The van der Waals surface area contributed by atoms with E-state index in [1.807, 2.05) is 12.1 Å². The van der Waals surface area contributed by atoms with Crippen LogP contribution in [0, 0.1) is 34.5 Å². The van der Waals surface area contributed by atoms with Gasteiger partial charge in [0, 0.05) is 44.6 Å². The minimum Gasteiger partial charge on any atom is -0.465 e. The van der Waals surface area contributed by atoms with Gasteiger partial charge in [-0.05, 0) is 111 Å². The van der Waals surface area contributed by atoms with Gasteiger partial charge in [0.15, 0.2) is 0 Å². The topological polar surface area (TPSA) is 45.9 Å². The Morgan fingerprint density at radius 3 is 2.56 bits per heavy atom. The van der Waals surface area contributed by atoms with Crippen LogP contribution in [-0.2, 0) is 9.53 Å². The average molecular weight is 495 g/mol. The number of carbonyl (C=O) groups excluding carboxylic acids is 1. The van der Waals surface area contributed by atoms with Crippen LogP contribution in [0.15, 0.2) is 28.4 Å². The first-order chi connectivity index (χ1) is 17.3. The third-order valence-electron chi connectivity index (χ3n) is 11.7. The number of nitrogens with zero attached hydrogens (tertiary/aromatic N) is 2. The molecule has 5 fully saturated rings. The van der Waals surface area contributed by atoms with Crippen LogP contribution >= 0.6 is 0 Å². The van der Waals surface area contributed by atoms with Crippen LogP contribution in [0.1, 0.15) is 77.9 Å². The van der Waals surface area contributed by atoms with Crippen molar-refractivity contribution in [1.29, 1.82) is 0 Å². The summed E-state index contributed by atoms with van der Waals surface area (Å²) in [6, 6.07) is 4.74. The lowest BCUT2D eigenvalue weighted by Crippen LogP contribution is -2.57. The third-order valence-corrected chi connectivity index (χ3v) is 11.7. The molecule has 0 spiro atoms. The minimum atomic E-state index is -0.160. The fourth-order valence-electron chi connectivity index (χ4n) is 9.66. The zero-order valence-corrected chi connectivity index (χ0v) is 22.9. The Morgan fingerprint density at radius 1 is 1.06 bits per heavy atom. The summed E-state index contributed by atoms with van der Waals surface area (Å²) in [6.45, 7) is 11.6. The van der Waals surface area contributed by atoms with Gasteiger partial charge in [0.05, 0.1) is 6.26 Å². The van der Waals surface area contributed by atoms with Crippen molar-refractivity contribution in [3.8, 4) is 0 Å². The van der Waals surface area contributed by atoms with Gasteiger partial charge >= 0.3 is 5.97 Å². The van der Waals surface area contributed by atoms with E-state index < -0.39 is 0 Å². The van der Waals surface area contributed by atoms with Crippen LogP contribution in [0.2, 0.25) is 0 Å². The number of carbonyl (C=O) groups is 1. The van der Waals surface area contributed by atoms with Crippen LogP contribution < -0.4 is 0 Å². The summed E-state index contributed by atoms with van der Waals surface area (Å²) in [6.07, 6.45) is 14.2. The molecule has 1 aromatic rings. The molecule has 6 rings (SSSR count). The molecule has 5 nitrogen and oxygen atoms in total. The molecule has 198 valence electrons. The van der Waals surface area contributed by atoms with Crippen LogP contribution in [-0.4, -0.2) is 61.1 Å². The molecule has 2 heterocycles. The molecule has 1 aromatic heterocycles. The number of hydrogen-bond donors (Lipinski definition) is 0. The van der Waals surface area contributed by atoms with E-state index in [-0.39, 0.29) is 17.5 Å². The molecule has 5 aliphatic rings. The standard InChI is InChI=1S/C31H46N2O3/c1-21(34)36-29-22(18-25-6-5-17-35-25)19-28-26-8-7-23-20-24(33-15-13-32(4)14-16-33)9-11-30(23,2)27(26)10-12-31(28,29)3/h5-6,17-18,23-24,26-29H,7-16,19-20H2,1-4H3/b22-18+/t23?,24-,26?,27?,28?,29-,30-,31-/m0/s1. The molecule has 5 heteroatoms. The fraction of sp³-hybridized carbons (Fsp3) is 0.774. The lowest BCUT2D eigenvalue weighted by Gasteiger charge is -2.61. The molecular formula is C31H46N2O3. The van der Waals surface area contributed by atoms with E-state index in [2.05, 4.69) is 36.8 Å². The predicted octanol–water partition coefficient (Wildman–Crippen LogP) is 5.86. The zero-order valence-electron chi connectivity index (χ0n) is 22.9. The average Bonchev–Trinajstić information content (AvgIpc) is 3.45. The fourth-order valence-corrected chi connectivity index (χ4v) is 9.66. The first-order valence-corrected chi connectivity index (χ1v) is 14.6. The monoisotopic (exact) mass is 494 g/mol. The highest BCUT2D eigenvalue weighted by Gasteiger charge is 2.62. The van der Waals surface area contributed by atoms with E-state index >= 15 is 0 Å². The summed E-state index contributed by atoms with van der Waals surface area (Å²) >= 11 is 0. The number of furan rings is 1. The van der Waals surface area contributed by atoms with E-state index in [0.717, 1.165) is 42.4 Å². The maximum atomic E-state index is 12.2. The van der Waals surface area contributed by atoms with Gasteiger partial charge < -0.3 is 14.1 Å². The summed E-state index contributed by atoms with van der Waals surface area (Å²) in [4.78, 5) is 17.5. The highest BCUT2D eigenvalue weighted by molar-refractivity contribution is 5.67. The van der Waals surface area contributed by atoms with Gasteiger partial charge in [-0.3, -0.25) is 9.69 Å². The number of esters is 1. The van der Waals surface area contributed by atoms with E-state index in [1.165, 1.54) is 70.3 Å². The Hall–Kier alpha value is -1.59. The molecule has 0 bridgehead atoms. The lowest BCUT2D eigenvalue weighted by atomic mass is 9.45. The molecule has 0 radical (unpaired) electrons. The summed E-state index contributed by atoms with van der Waals surface area (Å²) < 4.78 is 11.8. The Labute approximate surface area is 217 Å². The second-order valence-corrected chi connectivity index (χ2v) is 13.4. The van der Waals surface area contributed by atoms with Gasteiger partial charge in [0.1, 0.15) is 11.9 Å². The van der Waals surface area contributed by atoms with Crippen molar-refractivity contribution in [3.63, 3.8) is 0 Å². The lowest BCUT2D eigenvalue weighted by molar-refractivity contribution is -0.160. The van der Waals surface area contributed by atoms with Crippen LogP contribution in [0.25, 0.3) is 6.08 Å². The predicted molar refractivity (Wildman–Crippen MR) is 142 cm³/mol. The zero-order chi connectivity index (χ0) is 25.1. The van der Waals surface area contributed by atoms with Crippen LogP contribution in [0.5, 0.6) is 0 Å². The maximum Gasteiger partial charge on any atom is 0.303 e. The molecule has 4 saturated carbocycles. The third kappa shape index (κ3) is 4.09. The second kappa shape index (κ2) is 9.31. The van der Waals surface area contributed by atoms with Crippen LogP contribution in [0.3, 0.4) is 0 Å². The Bertz CT molecular complexity index is 980. The number of likely N-dealkylation sites (N-methyl/N-ethyl adjacent to an activating group) is 1. The molecule has 4 aliphatic carbocycles. The van der Waals surface area contributed by atoms with Crippen molar-refractivity contribution in [2.24, 2.45) is 34.5 Å². The van der Waals surface area contributed by atoms with Crippen molar-refractivity contribution >= 4 is 12.0 Å². The SMILES string of the molecule is CC(=O)O[C@H]1/C(=C/c2ccco2)CC2C3CCC4C[C@@H](N5CCN(C)CC5)CC[C@]4(C)C3CC[C@@]21C. The highest BCUT2D eigenvalue weighted by Crippen LogP contribution is 2.67. The quantitative estimate of drug-likeness (QED) is 0.492. The van der Waals surface area contributed by atoms with E-state index in [0.29, 0.717) is 11.3 Å². The number of ether oxygens (including phenoxy) is 1. The molecule has 4 unspecified atom stereocenters. The van der Waals surface area contributed by atoms with E-state index in [1.54, 1.807) is 13.2 Å². The normalized spacial score (nSPS) is 44.6. The van der Waals surface area contributed by atoms with E-state index in [4.69, 9.17) is 9.15 Å². The Morgan fingerprint density at radius 2 is 1.83 bits per heavy atom. The van der Waals surface area contributed by atoms with Gasteiger partial charge in [-0.15, -0.1) is 0 Å². The molecule has 0 amide bonds. The van der Waals surface area contributed by atoms with Gasteiger partial charge in [-0.2, -0.15) is 0 Å². The number of fused-ring (bicyclic) bond motifs is 5. The van der Waals surface area contributed by atoms with Crippen molar-refractivity contribution in [2.75, 3.05) is 33.2 Å². The molecule has 36 heavy (non-hydrogen) atoms. The van der Waals surface area contributed by atoms with Crippen molar-refractivity contribution in [1.82, 2.24) is 9.80 Å². The number of rotatable bonds is 3. The van der Waals surface area contributed by atoms with Crippen molar-refractivity contribution < 1.29 is 13.9 Å². The minimum absolute atomic E-state index is 0.0332. The highest BCUT2D eigenvalue weighted by atomic mass is 16.5. The largest absolute Gasteiger partial charge is 0.465 e. The Kier molecular flexibility index (Phi) is 6.39. The molecule has 1 saturated heterocycles. The van der Waals surface area contributed by atoms with Crippen molar-refractivity contribution in [3.05, 3.63) is 29.7 Å². The van der Waals surface area contributed by atoms with Gasteiger partial charge in [-0.1, -0.05) is 13.8 Å². The molecular weight excluding hydrogens is 448 g/mol. The summed E-state index contributed by atoms with van der Waals surface area (Å²) in [5.74, 6) is 3.72. The molecule has 0 N–H and O–H groups in total. The molecule has 8 atom stereocenters. The summed E-state index contributed by atoms with van der Waals surface area (Å²) in [5.41, 5.74) is 1.77. The molecule has 0 aromatic carbocycles. The second-order valence-electron chi connectivity index (χ2n) is 13.4. The first-order valence-electron chi connectivity index (χ1n) is 14.6. The first kappa shape index (κ1) is 24.7.